The van der Waals surface area contributed by atoms with Gasteiger partial charge in [-0.2, -0.15) is 0 Å². The predicted molar refractivity (Wildman–Crippen MR) is 150 cm³/mol. The minimum Gasteiger partial charge on any atom is -0.369 e. The number of carbonyl (C=O) groups excluding carboxylic acids is 1. The number of hydrogen-bond acceptors (Lipinski definition) is 6. The quantitative estimate of drug-likeness (QED) is 0.331. The van der Waals surface area contributed by atoms with E-state index in [-0.39, 0.29) is 17.5 Å². The van der Waals surface area contributed by atoms with E-state index in [1.54, 1.807) is 12.1 Å². The molecule has 0 amide bonds. The van der Waals surface area contributed by atoms with Gasteiger partial charge in [0.15, 0.2) is 5.78 Å². The lowest BCUT2D eigenvalue weighted by atomic mass is 9.96. The molecule has 7 heteroatoms. The average molecular weight is 508 g/mol. The third kappa shape index (κ3) is 4.13. The number of halogens is 1. The van der Waals surface area contributed by atoms with Gasteiger partial charge in [0.1, 0.15) is 5.82 Å². The number of benzene rings is 3. The van der Waals surface area contributed by atoms with Gasteiger partial charge in [-0.05, 0) is 60.9 Å². The Bertz CT molecular complexity index is 1510. The third-order valence-corrected chi connectivity index (χ3v) is 7.89. The van der Waals surface area contributed by atoms with Gasteiger partial charge in [-0.1, -0.05) is 37.3 Å². The van der Waals surface area contributed by atoms with Crippen molar-refractivity contribution >= 4 is 17.4 Å². The Labute approximate surface area is 222 Å². The summed E-state index contributed by atoms with van der Waals surface area (Å²) in [5.41, 5.74) is 12.6. The van der Waals surface area contributed by atoms with Crippen LogP contribution in [0.15, 0.2) is 66.7 Å². The van der Waals surface area contributed by atoms with Crippen LogP contribution >= 0.6 is 0 Å². The Hall–Kier alpha value is -4.10. The standard InChI is InChI=1S/C31H30FN5O/c1-3-19(2)36-15-17-37(18-16-36)23-13-9-20(10-14-23)24-5-4-6-25-26(24)29-27(30(25)38)28(34-31(33)35-29)21-7-11-22(32)12-8-21/h4-14,19H,3,15-18H2,1-2H3,(H2,33,34,35). The van der Waals surface area contributed by atoms with Gasteiger partial charge in [0, 0.05) is 54.6 Å². The Morgan fingerprint density at radius 1 is 0.842 bits per heavy atom. The van der Waals surface area contributed by atoms with Crippen molar-refractivity contribution in [3.63, 3.8) is 0 Å². The van der Waals surface area contributed by atoms with Crippen LogP contribution in [-0.4, -0.2) is 52.9 Å². The molecule has 38 heavy (non-hydrogen) atoms. The van der Waals surface area contributed by atoms with Gasteiger partial charge in [0.25, 0.3) is 0 Å². The molecule has 0 spiro atoms. The number of aromatic nitrogens is 2. The van der Waals surface area contributed by atoms with Crippen LogP contribution in [0.5, 0.6) is 0 Å². The molecule has 3 aromatic carbocycles. The van der Waals surface area contributed by atoms with E-state index in [9.17, 15) is 9.18 Å². The van der Waals surface area contributed by atoms with Gasteiger partial charge >= 0.3 is 0 Å². The summed E-state index contributed by atoms with van der Waals surface area (Å²) in [5, 5.41) is 0. The second-order valence-electron chi connectivity index (χ2n) is 10.0. The van der Waals surface area contributed by atoms with E-state index in [4.69, 9.17) is 5.73 Å². The number of nitrogens with zero attached hydrogens (tertiary/aromatic N) is 4. The van der Waals surface area contributed by atoms with Crippen LogP contribution in [0.4, 0.5) is 16.0 Å². The molecule has 0 radical (unpaired) electrons. The molecule has 0 saturated carbocycles. The molecule has 6 nitrogen and oxygen atoms in total. The number of carbonyl (C=O) groups is 1. The Balaban J connectivity index is 1.35. The molecule has 2 aliphatic rings. The van der Waals surface area contributed by atoms with Crippen molar-refractivity contribution in [1.82, 2.24) is 14.9 Å². The minimum absolute atomic E-state index is 0.0745. The molecule has 2 N–H and O–H groups in total. The highest BCUT2D eigenvalue weighted by Gasteiger charge is 2.34. The maximum absolute atomic E-state index is 13.6. The molecular formula is C31H30FN5O. The monoisotopic (exact) mass is 507 g/mol. The van der Waals surface area contributed by atoms with Crippen molar-refractivity contribution in [3.05, 3.63) is 83.7 Å². The number of rotatable bonds is 5. The number of nitrogens with two attached hydrogens (primary N) is 1. The highest BCUT2D eigenvalue weighted by Crippen LogP contribution is 2.45. The van der Waals surface area contributed by atoms with Crippen LogP contribution in [0.25, 0.3) is 33.6 Å². The molecule has 6 rings (SSSR count). The molecule has 1 aliphatic carbocycles. The van der Waals surface area contributed by atoms with Crippen LogP contribution < -0.4 is 10.6 Å². The molecule has 1 atom stereocenters. The number of fused-ring (bicyclic) bond motifs is 3. The van der Waals surface area contributed by atoms with Crippen LogP contribution in [0.3, 0.4) is 0 Å². The number of anilines is 2. The zero-order chi connectivity index (χ0) is 26.4. The number of hydrogen-bond donors (Lipinski definition) is 1. The summed E-state index contributed by atoms with van der Waals surface area (Å²) in [4.78, 5) is 27.5. The van der Waals surface area contributed by atoms with Crippen LogP contribution in [0.1, 0.15) is 36.2 Å². The second kappa shape index (κ2) is 9.65. The first-order valence-corrected chi connectivity index (χ1v) is 13.2. The molecule has 192 valence electrons. The van der Waals surface area contributed by atoms with Gasteiger partial charge in [0.2, 0.25) is 5.95 Å². The van der Waals surface area contributed by atoms with Gasteiger partial charge < -0.3 is 10.6 Å². The maximum atomic E-state index is 13.6. The van der Waals surface area contributed by atoms with Crippen molar-refractivity contribution in [2.24, 2.45) is 0 Å². The zero-order valence-electron chi connectivity index (χ0n) is 21.6. The minimum atomic E-state index is -0.356. The highest BCUT2D eigenvalue weighted by molar-refractivity contribution is 6.25. The summed E-state index contributed by atoms with van der Waals surface area (Å²) in [6, 6.07) is 20.8. The van der Waals surface area contributed by atoms with Crippen molar-refractivity contribution in [3.8, 4) is 33.6 Å². The topological polar surface area (TPSA) is 75.3 Å². The fraction of sp³-hybridized carbons (Fsp3) is 0.258. The van der Waals surface area contributed by atoms with E-state index in [1.807, 2.05) is 18.2 Å². The molecule has 0 bridgehead atoms. The summed E-state index contributed by atoms with van der Waals surface area (Å²) >= 11 is 0. The first-order valence-electron chi connectivity index (χ1n) is 13.2. The van der Waals surface area contributed by atoms with Gasteiger partial charge in [-0.3, -0.25) is 9.69 Å². The normalized spacial score (nSPS) is 15.9. The van der Waals surface area contributed by atoms with Gasteiger partial charge in [0.05, 0.1) is 17.0 Å². The fourth-order valence-electron chi connectivity index (χ4n) is 5.59. The molecule has 2 heterocycles. The van der Waals surface area contributed by atoms with Crippen molar-refractivity contribution in [1.29, 1.82) is 0 Å². The molecule has 1 aliphatic heterocycles. The first-order chi connectivity index (χ1) is 18.4. The molecule has 1 fully saturated rings. The predicted octanol–water partition coefficient (Wildman–Crippen LogP) is 5.66. The van der Waals surface area contributed by atoms with Crippen LogP contribution in [0, 0.1) is 5.82 Å². The van der Waals surface area contributed by atoms with Crippen molar-refractivity contribution < 1.29 is 9.18 Å². The summed E-state index contributed by atoms with van der Waals surface area (Å²) in [5.74, 6) is -0.428. The van der Waals surface area contributed by atoms with E-state index in [1.165, 1.54) is 24.2 Å². The Morgan fingerprint density at radius 3 is 2.16 bits per heavy atom. The van der Waals surface area contributed by atoms with E-state index in [0.717, 1.165) is 42.9 Å². The fourth-order valence-corrected chi connectivity index (χ4v) is 5.59. The van der Waals surface area contributed by atoms with Crippen molar-refractivity contribution in [2.75, 3.05) is 36.8 Å². The second-order valence-corrected chi connectivity index (χ2v) is 10.0. The zero-order valence-corrected chi connectivity index (χ0v) is 21.6. The molecular weight excluding hydrogens is 477 g/mol. The number of piperazine rings is 1. The smallest absolute Gasteiger partial charge is 0.221 e. The summed E-state index contributed by atoms with van der Waals surface area (Å²) < 4.78 is 13.6. The maximum Gasteiger partial charge on any atom is 0.221 e. The summed E-state index contributed by atoms with van der Waals surface area (Å²) in [7, 11) is 0. The Kier molecular flexibility index (Phi) is 6.16. The van der Waals surface area contributed by atoms with E-state index in [0.29, 0.717) is 34.1 Å². The Morgan fingerprint density at radius 2 is 1.47 bits per heavy atom. The molecule has 1 unspecified atom stereocenters. The lowest BCUT2D eigenvalue weighted by Crippen LogP contribution is -2.49. The lowest BCUT2D eigenvalue weighted by Gasteiger charge is -2.39. The van der Waals surface area contributed by atoms with Crippen molar-refractivity contribution in [2.45, 2.75) is 26.3 Å². The van der Waals surface area contributed by atoms with Gasteiger partial charge in [-0.15, -0.1) is 0 Å². The summed E-state index contributed by atoms with van der Waals surface area (Å²) in [6.07, 6.45) is 1.17. The number of ketones is 1. The van der Waals surface area contributed by atoms with E-state index < -0.39 is 0 Å². The van der Waals surface area contributed by atoms with E-state index >= 15 is 0 Å². The third-order valence-electron chi connectivity index (χ3n) is 7.89. The first kappa shape index (κ1) is 24.2. The highest BCUT2D eigenvalue weighted by atomic mass is 19.1. The SMILES string of the molecule is CCC(C)N1CCN(c2ccc(-c3cccc4c3-c3nc(N)nc(-c5ccc(F)cc5)c3C4=O)cc2)CC1. The molecule has 1 aromatic heterocycles. The van der Waals surface area contributed by atoms with E-state index in [2.05, 4.69) is 57.9 Å². The van der Waals surface area contributed by atoms with Crippen LogP contribution in [0.2, 0.25) is 0 Å². The van der Waals surface area contributed by atoms with Gasteiger partial charge in [-0.25, -0.2) is 14.4 Å². The van der Waals surface area contributed by atoms with Crippen LogP contribution in [-0.2, 0) is 0 Å². The average Bonchev–Trinajstić information content (AvgIpc) is 3.24. The number of nitrogen functional groups attached to an aromatic ring is 1. The molecule has 1 saturated heterocycles. The lowest BCUT2D eigenvalue weighted by molar-refractivity contribution is 0.104. The summed E-state index contributed by atoms with van der Waals surface area (Å²) in [6.45, 7) is 8.70. The molecule has 4 aromatic rings. The largest absolute Gasteiger partial charge is 0.369 e.